The van der Waals surface area contributed by atoms with Crippen LogP contribution in [0, 0.1) is 0 Å². The maximum Gasteiger partial charge on any atom is 0.350 e. The highest BCUT2D eigenvalue weighted by molar-refractivity contribution is 7.14. The molecule has 1 aromatic heterocycles. The van der Waals surface area contributed by atoms with Gasteiger partial charge in [0.15, 0.2) is 0 Å². The number of rotatable bonds is 3. The van der Waals surface area contributed by atoms with Gasteiger partial charge in [0, 0.05) is 4.88 Å². The first-order valence-electron chi connectivity index (χ1n) is 4.78. The molecule has 0 spiro atoms. The molecule has 1 aliphatic carbocycles. The summed E-state index contributed by atoms with van der Waals surface area (Å²) < 4.78 is 4.91. The van der Waals surface area contributed by atoms with E-state index in [1.54, 1.807) is 6.92 Å². The zero-order valence-electron chi connectivity index (χ0n) is 8.08. The Morgan fingerprint density at radius 2 is 2.43 bits per heavy atom. The first-order chi connectivity index (χ1) is 6.72. The second kappa shape index (κ2) is 3.61. The molecule has 2 N–H and O–H groups in total. The van der Waals surface area contributed by atoms with E-state index in [9.17, 15) is 4.79 Å². The first kappa shape index (κ1) is 9.52. The predicted molar refractivity (Wildman–Crippen MR) is 56.7 cm³/mol. The summed E-state index contributed by atoms with van der Waals surface area (Å²) in [4.78, 5) is 13.2. The van der Waals surface area contributed by atoms with Gasteiger partial charge in [0.05, 0.1) is 12.3 Å². The normalized spacial score (nSPS) is 15.5. The molecule has 3 nitrogen and oxygen atoms in total. The highest BCUT2D eigenvalue weighted by atomic mass is 32.1. The third-order valence-electron chi connectivity index (χ3n) is 2.22. The number of nitrogens with two attached hydrogens (primary N) is 1. The Balaban J connectivity index is 2.19. The molecule has 1 aromatic rings. The molecule has 1 saturated carbocycles. The van der Waals surface area contributed by atoms with E-state index in [1.165, 1.54) is 29.1 Å². The van der Waals surface area contributed by atoms with Gasteiger partial charge in [-0.1, -0.05) is 0 Å². The van der Waals surface area contributed by atoms with Crippen molar-refractivity contribution in [2.24, 2.45) is 0 Å². The fourth-order valence-corrected chi connectivity index (χ4v) is 2.49. The molecule has 0 bridgehead atoms. The molecule has 0 aliphatic heterocycles. The third kappa shape index (κ3) is 1.75. The molecule has 0 aromatic carbocycles. The summed E-state index contributed by atoms with van der Waals surface area (Å²) in [7, 11) is 0. The predicted octanol–water partition coefficient (Wildman–Crippen LogP) is 2.38. The van der Waals surface area contributed by atoms with Gasteiger partial charge in [-0.3, -0.25) is 0 Å². The van der Waals surface area contributed by atoms with Crippen LogP contribution in [-0.2, 0) is 4.74 Å². The fourth-order valence-electron chi connectivity index (χ4n) is 1.35. The first-order valence-corrected chi connectivity index (χ1v) is 5.60. The van der Waals surface area contributed by atoms with Gasteiger partial charge >= 0.3 is 5.97 Å². The average molecular weight is 211 g/mol. The van der Waals surface area contributed by atoms with E-state index in [0.717, 1.165) is 0 Å². The molecule has 2 rings (SSSR count). The lowest BCUT2D eigenvalue weighted by molar-refractivity contribution is 0.0533. The minimum absolute atomic E-state index is 0.290. The molecule has 0 atom stereocenters. The molecule has 0 amide bonds. The minimum Gasteiger partial charge on any atom is -0.462 e. The van der Waals surface area contributed by atoms with Gasteiger partial charge in [-0.15, -0.1) is 11.3 Å². The summed E-state index contributed by atoms with van der Waals surface area (Å²) in [5, 5.41) is 0. The Labute approximate surface area is 86.9 Å². The fraction of sp³-hybridized carbons (Fsp3) is 0.500. The number of hydrogen-bond acceptors (Lipinski definition) is 4. The molecule has 4 heteroatoms. The van der Waals surface area contributed by atoms with E-state index in [-0.39, 0.29) is 5.97 Å². The summed E-state index contributed by atoms with van der Waals surface area (Å²) in [6.07, 6.45) is 2.45. The van der Waals surface area contributed by atoms with Crippen molar-refractivity contribution in [3.8, 4) is 0 Å². The van der Waals surface area contributed by atoms with Crippen LogP contribution in [0.25, 0.3) is 0 Å². The largest absolute Gasteiger partial charge is 0.462 e. The van der Waals surface area contributed by atoms with Gasteiger partial charge in [-0.25, -0.2) is 4.79 Å². The van der Waals surface area contributed by atoms with Crippen molar-refractivity contribution >= 4 is 23.0 Å². The Morgan fingerprint density at radius 3 is 3.00 bits per heavy atom. The maximum atomic E-state index is 11.4. The Kier molecular flexibility index (Phi) is 2.46. The molecule has 1 aliphatic rings. The average Bonchev–Trinajstić information content (AvgIpc) is 2.91. The zero-order valence-corrected chi connectivity index (χ0v) is 8.89. The number of carbonyl (C=O) groups excluding carboxylic acids is 1. The van der Waals surface area contributed by atoms with Crippen molar-refractivity contribution in [3.05, 3.63) is 15.8 Å². The van der Waals surface area contributed by atoms with E-state index in [2.05, 4.69) is 0 Å². The quantitative estimate of drug-likeness (QED) is 0.781. The Bertz CT molecular complexity index is 355. The summed E-state index contributed by atoms with van der Waals surface area (Å²) in [6, 6.07) is 1.91. The van der Waals surface area contributed by atoms with Crippen LogP contribution in [0.4, 0.5) is 5.69 Å². The lowest BCUT2D eigenvalue weighted by Gasteiger charge is -1.98. The number of nitrogen functional groups attached to an aromatic ring is 1. The second-order valence-corrected chi connectivity index (χ2v) is 4.51. The third-order valence-corrected chi connectivity index (χ3v) is 3.51. The van der Waals surface area contributed by atoms with Crippen LogP contribution >= 0.6 is 11.3 Å². The number of thiophene rings is 1. The smallest absolute Gasteiger partial charge is 0.350 e. The minimum atomic E-state index is -0.290. The van der Waals surface area contributed by atoms with Crippen LogP contribution in [0.3, 0.4) is 0 Å². The molecule has 14 heavy (non-hydrogen) atoms. The van der Waals surface area contributed by atoms with Gasteiger partial charge in [0.2, 0.25) is 0 Å². The number of esters is 1. The monoisotopic (exact) mass is 211 g/mol. The number of anilines is 1. The van der Waals surface area contributed by atoms with Crippen LogP contribution in [0.1, 0.15) is 40.2 Å². The SMILES string of the molecule is CCOC(=O)c1sc(C2CC2)cc1N. The van der Waals surface area contributed by atoms with Crippen molar-refractivity contribution in [3.63, 3.8) is 0 Å². The lowest BCUT2D eigenvalue weighted by Crippen LogP contribution is -2.04. The van der Waals surface area contributed by atoms with E-state index >= 15 is 0 Å². The molecule has 1 heterocycles. The van der Waals surface area contributed by atoms with E-state index < -0.39 is 0 Å². The number of carbonyl (C=O) groups is 1. The zero-order chi connectivity index (χ0) is 10.1. The van der Waals surface area contributed by atoms with E-state index in [1.807, 2.05) is 6.07 Å². The van der Waals surface area contributed by atoms with Crippen LogP contribution in [0.15, 0.2) is 6.07 Å². The number of ether oxygens (including phenoxy) is 1. The highest BCUT2D eigenvalue weighted by Gasteiger charge is 2.27. The molecule has 1 fully saturated rings. The van der Waals surface area contributed by atoms with Crippen molar-refractivity contribution in [1.29, 1.82) is 0 Å². The van der Waals surface area contributed by atoms with E-state index in [4.69, 9.17) is 10.5 Å². The summed E-state index contributed by atoms with van der Waals surface area (Å²) in [6.45, 7) is 2.19. The summed E-state index contributed by atoms with van der Waals surface area (Å²) >= 11 is 1.48. The Hall–Kier alpha value is -1.03. The molecule has 0 saturated heterocycles. The molecule has 0 radical (unpaired) electrons. The summed E-state index contributed by atoms with van der Waals surface area (Å²) in [5.74, 6) is 0.354. The molecular formula is C10H13NO2S. The molecular weight excluding hydrogens is 198 g/mol. The van der Waals surface area contributed by atoms with Crippen molar-refractivity contribution in [1.82, 2.24) is 0 Å². The van der Waals surface area contributed by atoms with Gasteiger partial charge in [0.25, 0.3) is 0 Å². The van der Waals surface area contributed by atoms with Crippen molar-refractivity contribution < 1.29 is 9.53 Å². The van der Waals surface area contributed by atoms with Crippen LogP contribution < -0.4 is 5.73 Å². The number of hydrogen-bond donors (Lipinski definition) is 1. The van der Waals surface area contributed by atoms with Crippen molar-refractivity contribution in [2.45, 2.75) is 25.7 Å². The molecule has 76 valence electrons. The highest BCUT2D eigenvalue weighted by Crippen LogP contribution is 2.45. The van der Waals surface area contributed by atoms with Crippen molar-refractivity contribution in [2.75, 3.05) is 12.3 Å². The van der Waals surface area contributed by atoms with E-state index in [0.29, 0.717) is 23.1 Å². The molecule has 0 unspecified atom stereocenters. The van der Waals surface area contributed by atoms with Gasteiger partial charge in [-0.05, 0) is 31.7 Å². The topological polar surface area (TPSA) is 52.3 Å². The maximum absolute atomic E-state index is 11.4. The lowest BCUT2D eigenvalue weighted by atomic mass is 10.3. The summed E-state index contributed by atoms with van der Waals surface area (Å²) in [5.41, 5.74) is 6.31. The van der Waals surface area contributed by atoms with Gasteiger partial charge < -0.3 is 10.5 Å². The standard InChI is InChI=1S/C10H13NO2S/c1-2-13-10(12)9-7(11)5-8(14-9)6-3-4-6/h5-6H,2-4,11H2,1H3. The Morgan fingerprint density at radius 1 is 1.71 bits per heavy atom. The second-order valence-electron chi connectivity index (χ2n) is 3.43. The van der Waals surface area contributed by atoms with Gasteiger partial charge in [0.1, 0.15) is 4.88 Å². The van der Waals surface area contributed by atoms with Crippen LogP contribution in [0.2, 0.25) is 0 Å². The van der Waals surface area contributed by atoms with Crippen LogP contribution in [0.5, 0.6) is 0 Å². The van der Waals surface area contributed by atoms with Gasteiger partial charge in [-0.2, -0.15) is 0 Å². The van der Waals surface area contributed by atoms with Crippen LogP contribution in [-0.4, -0.2) is 12.6 Å².